The highest BCUT2D eigenvalue weighted by molar-refractivity contribution is 5.45. The standard InChI is InChI=1S/C13H12N4O/c14-11(9-5-2-1-3-6-9)13-15-12(16-17-13)10-7-4-8-18-10/h1-8,11H,14H2,(H,15,16,17)/t11-/m1/s1. The first kappa shape index (κ1) is 10.7. The van der Waals surface area contributed by atoms with Gasteiger partial charge in [0, 0.05) is 0 Å². The Balaban J connectivity index is 1.90. The van der Waals surface area contributed by atoms with Gasteiger partial charge in [0.25, 0.3) is 0 Å². The van der Waals surface area contributed by atoms with Gasteiger partial charge in [-0.25, -0.2) is 4.98 Å². The molecule has 0 amide bonds. The molecule has 1 atom stereocenters. The number of hydrogen-bond acceptors (Lipinski definition) is 4. The van der Waals surface area contributed by atoms with E-state index in [9.17, 15) is 0 Å². The van der Waals surface area contributed by atoms with Gasteiger partial charge in [-0.15, -0.1) is 5.10 Å². The average molecular weight is 240 g/mol. The van der Waals surface area contributed by atoms with Crippen LogP contribution in [0.25, 0.3) is 11.6 Å². The van der Waals surface area contributed by atoms with Crippen LogP contribution in [-0.4, -0.2) is 15.2 Å². The van der Waals surface area contributed by atoms with Crippen LogP contribution in [0.4, 0.5) is 0 Å². The second kappa shape index (κ2) is 4.46. The third kappa shape index (κ3) is 1.91. The molecule has 0 unspecified atom stereocenters. The first-order chi connectivity index (χ1) is 8.84. The molecule has 3 aromatic rings. The molecule has 0 fully saturated rings. The van der Waals surface area contributed by atoms with Crippen LogP contribution >= 0.6 is 0 Å². The second-order valence-corrected chi connectivity index (χ2v) is 3.91. The summed E-state index contributed by atoms with van der Waals surface area (Å²) in [6.07, 6.45) is 1.59. The summed E-state index contributed by atoms with van der Waals surface area (Å²) < 4.78 is 5.23. The molecule has 0 aliphatic heterocycles. The summed E-state index contributed by atoms with van der Waals surface area (Å²) in [7, 11) is 0. The number of nitrogens with one attached hydrogen (secondary N) is 1. The number of benzene rings is 1. The third-order valence-electron chi connectivity index (χ3n) is 2.70. The van der Waals surface area contributed by atoms with E-state index in [0.717, 1.165) is 5.56 Å². The molecule has 3 rings (SSSR count). The minimum atomic E-state index is -0.317. The van der Waals surface area contributed by atoms with Crippen LogP contribution in [0.1, 0.15) is 17.4 Å². The molecular formula is C13H12N4O. The lowest BCUT2D eigenvalue weighted by Gasteiger charge is -2.07. The summed E-state index contributed by atoms with van der Waals surface area (Å²) in [6.45, 7) is 0. The van der Waals surface area contributed by atoms with Crippen molar-refractivity contribution in [1.82, 2.24) is 15.2 Å². The molecule has 1 aromatic carbocycles. The molecule has 0 saturated heterocycles. The molecule has 0 aliphatic rings. The number of hydrogen-bond donors (Lipinski definition) is 2. The maximum Gasteiger partial charge on any atom is 0.216 e. The van der Waals surface area contributed by atoms with Crippen molar-refractivity contribution >= 4 is 0 Å². The maximum atomic E-state index is 6.12. The minimum Gasteiger partial charge on any atom is -0.461 e. The summed E-state index contributed by atoms with van der Waals surface area (Å²) in [5.41, 5.74) is 7.10. The molecule has 90 valence electrons. The van der Waals surface area contributed by atoms with E-state index in [4.69, 9.17) is 10.2 Å². The summed E-state index contributed by atoms with van der Waals surface area (Å²) >= 11 is 0. The van der Waals surface area contributed by atoms with Gasteiger partial charge in [0.2, 0.25) is 5.82 Å². The number of rotatable bonds is 3. The predicted octanol–water partition coefficient (Wildman–Crippen LogP) is 2.11. The van der Waals surface area contributed by atoms with Crippen molar-refractivity contribution in [2.24, 2.45) is 5.73 Å². The molecule has 0 saturated carbocycles. The Labute approximate surface area is 104 Å². The molecule has 0 spiro atoms. The Bertz CT molecular complexity index is 616. The Kier molecular flexibility index (Phi) is 2.66. The quantitative estimate of drug-likeness (QED) is 0.734. The Morgan fingerprint density at radius 1 is 1.11 bits per heavy atom. The Morgan fingerprint density at radius 3 is 2.67 bits per heavy atom. The fourth-order valence-electron chi connectivity index (χ4n) is 1.75. The van der Waals surface area contributed by atoms with Gasteiger partial charge in [-0.2, -0.15) is 0 Å². The number of furan rings is 1. The van der Waals surface area contributed by atoms with Crippen LogP contribution in [0.15, 0.2) is 53.1 Å². The molecule has 2 aromatic heterocycles. The second-order valence-electron chi connectivity index (χ2n) is 3.91. The fourth-order valence-corrected chi connectivity index (χ4v) is 1.75. The van der Waals surface area contributed by atoms with E-state index in [-0.39, 0.29) is 6.04 Å². The van der Waals surface area contributed by atoms with Gasteiger partial charge in [-0.1, -0.05) is 30.3 Å². The van der Waals surface area contributed by atoms with Crippen LogP contribution in [0.5, 0.6) is 0 Å². The minimum absolute atomic E-state index is 0.317. The maximum absolute atomic E-state index is 6.12. The molecule has 2 heterocycles. The van der Waals surface area contributed by atoms with E-state index < -0.39 is 0 Å². The molecule has 0 bridgehead atoms. The average Bonchev–Trinajstić information content (AvgIpc) is 3.09. The normalized spacial score (nSPS) is 12.5. The zero-order chi connectivity index (χ0) is 12.4. The highest BCUT2D eigenvalue weighted by Crippen LogP contribution is 2.19. The van der Waals surface area contributed by atoms with Crippen LogP contribution < -0.4 is 5.73 Å². The third-order valence-corrected chi connectivity index (χ3v) is 2.70. The number of H-pyrrole nitrogens is 1. The lowest BCUT2D eigenvalue weighted by Crippen LogP contribution is -2.13. The van der Waals surface area contributed by atoms with Gasteiger partial charge < -0.3 is 10.2 Å². The topological polar surface area (TPSA) is 80.7 Å². The van der Waals surface area contributed by atoms with E-state index in [1.54, 1.807) is 18.4 Å². The van der Waals surface area contributed by atoms with Gasteiger partial charge in [0.1, 0.15) is 5.82 Å². The fraction of sp³-hybridized carbons (Fsp3) is 0.0769. The van der Waals surface area contributed by atoms with E-state index in [0.29, 0.717) is 17.4 Å². The Morgan fingerprint density at radius 2 is 1.94 bits per heavy atom. The van der Waals surface area contributed by atoms with Gasteiger partial charge >= 0.3 is 0 Å². The Hall–Kier alpha value is -2.40. The predicted molar refractivity (Wildman–Crippen MR) is 66.6 cm³/mol. The smallest absolute Gasteiger partial charge is 0.216 e. The van der Waals surface area contributed by atoms with Crippen molar-refractivity contribution in [3.8, 4) is 11.6 Å². The highest BCUT2D eigenvalue weighted by atomic mass is 16.3. The molecule has 3 N–H and O–H groups in total. The van der Waals surface area contributed by atoms with E-state index in [1.165, 1.54) is 0 Å². The van der Waals surface area contributed by atoms with Crippen molar-refractivity contribution in [2.75, 3.05) is 0 Å². The zero-order valence-electron chi connectivity index (χ0n) is 9.58. The first-order valence-corrected chi connectivity index (χ1v) is 5.61. The van der Waals surface area contributed by atoms with Crippen molar-refractivity contribution in [2.45, 2.75) is 6.04 Å². The van der Waals surface area contributed by atoms with Crippen molar-refractivity contribution in [1.29, 1.82) is 0 Å². The molecule has 5 nitrogen and oxygen atoms in total. The van der Waals surface area contributed by atoms with Crippen LogP contribution in [0, 0.1) is 0 Å². The molecule has 0 radical (unpaired) electrons. The monoisotopic (exact) mass is 240 g/mol. The van der Waals surface area contributed by atoms with Crippen molar-refractivity contribution in [3.63, 3.8) is 0 Å². The largest absolute Gasteiger partial charge is 0.461 e. The lowest BCUT2D eigenvalue weighted by molar-refractivity contribution is 0.577. The van der Waals surface area contributed by atoms with Crippen LogP contribution in [0.3, 0.4) is 0 Å². The SMILES string of the molecule is N[C@H](c1ccccc1)c1nc(-c2ccco2)n[nH]1. The molecule has 0 aliphatic carbocycles. The van der Waals surface area contributed by atoms with Crippen molar-refractivity contribution in [3.05, 3.63) is 60.1 Å². The van der Waals surface area contributed by atoms with Gasteiger partial charge in [0.15, 0.2) is 5.76 Å². The van der Waals surface area contributed by atoms with E-state index >= 15 is 0 Å². The van der Waals surface area contributed by atoms with Crippen LogP contribution in [-0.2, 0) is 0 Å². The molecule has 18 heavy (non-hydrogen) atoms. The van der Waals surface area contributed by atoms with Gasteiger partial charge in [-0.05, 0) is 17.7 Å². The molecule has 5 heteroatoms. The number of nitrogens with zero attached hydrogens (tertiary/aromatic N) is 2. The summed E-state index contributed by atoms with van der Waals surface area (Å²) in [4.78, 5) is 4.34. The molecular weight excluding hydrogens is 228 g/mol. The number of nitrogens with two attached hydrogens (primary N) is 1. The van der Waals surface area contributed by atoms with Gasteiger partial charge in [-0.3, -0.25) is 5.10 Å². The van der Waals surface area contributed by atoms with Crippen molar-refractivity contribution < 1.29 is 4.42 Å². The van der Waals surface area contributed by atoms with Gasteiger partial charge in [0.05, 0.1) is 12.3 Å². The first-order valence-electron chi connectivity index (χ1n) is 5.61. The highest BCUT2D eigenvalue weighted by Gasteiger charge is 2.15. The number of aromatic nitrogens is 3. The summed E-state index contributed by atoms with van der Waals surface area (Å²) in [5.74, 6) is 1.76. The number of aromatic amines is 1. The lowest BCUT2D eigenvalue weighted by atomic mass is 10.1. The van der Waals surface area contributed by atoms with Crippen LogP contribution in [0.2, 0.25) is 0 Å². The zero-order valence-corrected chi connectivity index (χ0v) is 9.58. The van der Waals surface area contributed by atoms with E-state index in [1.807, 2.05) is 30.3 Å². The summed E-state index contributed by atoms with van der Waals surface area (Å²) in [5, 5.41) is 6.94. The summed E-state index contributed by atoms with van der Waals surface area (Å²) in [6, 6.07) is 13.0. The van der Waals surface area contributed by atoms with E-state index in [2.05, 4.69) is 15.2 Å².